The van der Waals surface area contributed by atoms with Crippen molar-refractivity contribution in [3.8, 4) is 5.75 Å². The predicted octanol–water partition coefficient (Wildman–Crippen LogP) is 3.88. The van der Waals surface area contributed by atoms with E-state index in [2.05, 4.69) is 47.7 Å². The third kappa shape index (κ3) is 3.32. The number of nitrogens with zero attached hydrogens (tertiary/aromatic N) is 3. The van der Waals surface area contributed by atoms with Gasteiger partial charge in [-0.25, -0.2) is 0 Å². The lowest BCUT2D eigenvalue weighted by Crippen LogP contribution is -2.11. The smallest absolute Gasteiger partial charge is 0.171 e. The van der Waals surface area contributed by atoms with Crippen LogP contribution >= 0.6 is 0 Å². The molecule has 0 saturated carbocycles. The zero-order chi connectivity index (χ0) is 15.6. The van der Waals surface area contributed by atoms with E-state index in [-0.39, 0.29) is 5.41 Å². The molecular weight excluding hydrogens is 274 g/mol. The fourth-order valence-electron chi connectivity index (χ4n) is 2.85. The molecule has 1 aromatic heterocycles. The minimum atomic E-state index is 0.170. The highest BCUT2D eigenvalue weighted by molar-refractivity contribution is 5.31. The number of aryl methyl sites for hydroxylation is 1. The molecule has 2 heterocycles. The van der Waals surface area contributed by atoms with Gasteiger partial charge >= 0.3 is 0 Å². The van der Waals surface area contributed by atoms with Crippen LogP contribution in [0.25, 0.3) is 0 Å². The Balaban J connectivity index is 1.67. The first kappa shape index (κ1) is 15.1. The van der Waals surface area contributed by atoms with E-state index in [9.17, 15) is 0 Å². The Morgan fingerprint density at radius 2 is 1.82 bits per heavy atom. The van der Waals surface area contributed by atoms with E-state index < -0.39 is 0 Å². The Bertz CT molecular complexity index is 623. The number of fused-ring (bicyclic) bond motifs is 1. The number of ether oxygens (including phenoxy) is 1. The van der Waals surface area contributed by atoms with Gasteiger partial charge in [0.05, 0.1) is 0 Å². The van der Waals surface area contributed by atoms with Gasteiger partial charge in [-0.2, -0.15) is 0 Å². The van der Waals surface area contributed by atoms with Gasteiger partial charge in [0.2, 0.25) is 0 Å². The summed E-state index contributed by atoms with van der Waals surface area (Å²) in [6, 6.07) is 8.36. The Morgan fingerprint density at radius 3 is 2.55 bits per heavy atom. The lowest BCUT2D eigenvalue weighted by atomic mass is 9.87. The standard InChI is InChI=1S/C18H25N3O/c1-18(2,3)14-8-10-15(11-9-14)22-13-17-20-19-16-7-5-4-6-12-21(16)17/h8-11H,4-7,12-13H2,1-3H3. The van der Waals surface area contributed by atoms with Crippen molar-refractivity contribution in [3.05, 3.63) is 41.5 Å². The first-order chi connectivity index (χ1) is 10.5. The zero-order valence-corrected chi connectivity index (χ0v) is 13.8. The van der Waals surface area contributed by atoms with Crippen LogP contribution in [0.15, 0.2) is 24.3 Å². The van der Waals surface area contributed by atoms with Crippen LogP contribution in [0, 0.1) is 0 Å². The number of rotatable bonds is 3. The number of hydrogen-bond donors (Lipinski definition) is 0. The molecule has 1 aromatic carbocycles. The molecule has 4 nitrogen and oxygen atoms in total. The van der Waals surface area contributed by atoms with Gasteiger partial charge in [-0.3, -0.25) is 0 Å². The molecule has 4 heteroatoms. The molecule has 1 aliphatic heterocycles. The maximum atomic E-state index is 5.90. The maximum Gasteiger partial charge on any atom is 0.171 e. The van der Waals surface area contributed by atoms with Crippen LogP contribution in [-0.2, 0) is 25.0 Å². The molecule has 0 saturated heterocycles. The molecule has 118 valence electrons. The van der Waals surface area contributed by atoms with Crippen LogP contribution in [0.5, 0.6) is 5.75 Å². The molecule has 0 spiro atoms. The van der Waals surface area contributed by atoms with E-state index in [0.717, 1.165) is 30.4 Å². The number of aromatic nitrogens is 3. The summed E-state index contributed by atoms with van der Waals surface area (Å²) in [6.07, 6.45) is 4.73. The maximum absolute atomic E-state index is 5.90. The van der Waals surface area contributed by atoms with Crippen molar-refractivity contribution in [1.82, 2.24) is 14.8 Å². The van der Waals surface area contributed by atoms with Crippen molar-refractivity contribution in [2.75, 3.05) is 0 Å². The minimum Gasteiger partial charge on any atom is -0.486 e. The molecule has 0 fully saturated rings. The molecule has 3 rings (SSSR count). The summed E-state index contributed by atoms with van der Waals surface area (Å²) in [5.41, 5.74) is 1.49. The topological polar surface area (TPSA) is 39.9 Å². The second-order valence-electron chi connectivity index (χ2n) is 7.06. The Labute approximate surface area is 132 Å². The number of benzene rings is 1. The molecule has 1 aliphatic rings. The summed E-state index contributed by atoms with van der Waals surface area (Å²) < 4.78 is 8.13. The van der Waals surface area contributed by atoms with Crippen LogP contribution in [0.3, 0.4) is 0 Å². The summed E-state index contributed by atoms with van der Waals surface area (Å²) >= 11 is 0. The van der Waals surface area contributed by atoms with Crippen molar-refractivity contribution in [1.29, 1.82) is 0 Å². The Hall–Kier alpha value is -1.84. The molecule has 0 unspecified atom stereocenters. The molecule has 0 N–H and O–H groups in total. The van der Waals surface area contributed by atoms with Gasteiger partial charge in [0.1, 0.15) is 18.2 Å². The van der Waals surface area contributed by atoms with Crippen LogP contribution in [0.1, 0.15) is 57.2 Å². The quantitative estimate of drug-likeness (QED) is 0.863. The first-order valence-electron chi connectivity index (χ1n) is 8.18. The molecule has 0 atom stereocenters. The summed E-state index contributed by atoms with van der Waals surface area (Å²) in [4.78, 5) is 0. The molecule has 0 aliphatic carbocycles. The highest BCUT2D eigenvalue weighted by atomic mass is 16.5. The lowest BCUT2D eigenvalue weighted by molar-refractivity contribution is 0.288. The van der Waals surface area contributed by atoms with E-state index in [1.807, 2.05) is 12.1 Å². The van der Waals surface area contributed by atoms with Gasteiger partial charge in [0.25, 0.3) is 0 Å². The van der Waals surface area contributed by atoms with Crippen LogP contribution < -0.4 is 4.74 Å². The second-order valence-corrected chi connectivity index (χ2v) is 7.06. The largest absolute Gasteiger partial charge is 0.486 e. The Morgan fingerprint density at radius 1 is 1.05 bits per heavy atom. The summed E-state index contributed by atoms with van der Waals surface area (Å²) in [5, 5.41) is 8.61. The third-order valence-electron chi connectivity index (χ3n) is 4.27. The monoisotopic (exact) mass is 299 g/mol. The highest BCUT2D eigenvalue weighted by Crippen LogP contribution is 2.24. The molecule has 22 heavy (non-hydrogen) atoms. The van der Waals surface area contributed by atoms with E-state index in [1.165, 1.54) is 24.8 Å². The van der Waals surface area contributed by atoms with Crippen molar-refractivity contribution in [3.63, 3.8) is 0 Å². The van der Waals surface area contributed by atoms with Gasteiger partial charge in [-0.1, -0.05) is 39.3 Å². The fourth-order valence-corrected chi connectivity index (χ4v) is 2.85. The van der Waals surface area contributed by atoms with Crippen LogP contribution in [-0.4, -0.2) is 14.8 Å². The summed E-state index contributed by atoms with van der Waals surface area (Å²) in [5.74, 6) is 2.94. The molecule has 0 bridgehead atoms. The van der Waals surface area contributed by atoms with Crippen LogP contribution in [0.4, 0.5) is 0 Å². The van der Waals surface area contributed by atoms with Crippen molar-refractivity contribution in [2.45, 2.75) is 65.0 Å². The normalized spacial score (nSPS) is 15.2. The van der Waals surface area contributed by atoms with Gasteiger partial charge in [0.15, 0.2) is 5.82 Å². The van der Waals surface area contributed by atoms with Gasteiger partial charge in [0, 0.05) is 13.0 Å². The van der Waals surface area contributed by atoms with E-state index >= 15 is 0 Å². The number of hydrogen-bond acceptors (Lipinski definition) is 3. The van der Waals surface area contributed by atoms with E-state index in [0.29, 0.717) is 6.61 Å². The predicted molar refractivity (Wildman–Crippen MR) is 87.1 cm³/mol. The summed E-state index contributed by atoms with van der Waals surface area (Å²) in [7, 11) is 0. The summed E-state index contributed by atoms with van der Waals surface area (Å²) in [6.45, 7) is 8.16. The average molecular weight is 299 g/mol. The van der Waals surface area contributed by atoms with Crippen molar-refractivity contribution in [2.24, 2.45) is 0 Å². The molecule has 2 aromatic rings. The van der Waals surface area contributed by atoms with E-state index in [1.54, 1.807) is 0 Å². The minimum absolute atomic E-state index is 0.170. The van der Waals surface area contributed by atoms with Crippen molar-refractivity contribution >= 4 is 0 Å². The molecular formula is C18H25N3O. The molecule has 0 amide bonds. The first-order valence-corrected chi connectivity index (χ1v) is 8.18. The zero-order valence-electron chi connectivity index (χ0n) is 13.8. The van der Waals surface area contributed by atoms with Crippen molar-refractivity contribution < 1.29 is 4.74 Å². The molecule has 0 radical (unpaired) electrons. The van der Waals surface area contributed by atoms with Gasteiger partial charge in [-0.05, 0) is 36.0 Å². The average Bonchev–Trinajstić information content (AvgIpc) is 2.72. The van der Waals surface area contributed by atoms with Crippen LogP contribution in [0.2, 0.25) is 0 Å². The Kier molecular flexibility index (Phi) is 4.19. The van der Waals surface area contributed by atoms with Gasteiger partial charge in [-0.15, -0.1) is 10.2 Å². The second kappa shape index (κ2) is 6.11. The lowest BCUT2D eigenvalue weighted by Gasteiger charge is -2.19. The van der Waals surface area contributed by atoms with E-state index in [4.69, 9.17) is 4.74 Å². The van der Waals surface area contributed by atoms with Gasteiger partial charge < -0.3 is 9.30 Å². The highest BCUT2D eigenvalue weighted by Gasteiger charge is 2.16. The SMILES string of the molecule is CC(C)(C)c1ccc(OCc2nnc3n2CCCCC3)cc1. The third-order valence-corrected chi connectivity index (χ3v) is 4.27. The fraction of sp³-hybridized carbons (Fsp3) is 0.556.